The van der Waals surface area contributed by atoms with Crippen LogP contribution in [0.5, 0.6) is 0 Å². The third kappa shape index (κ3) is 4.47. The lowest BCUT2D eigenvalue weighted by Gasteiger charge is -2.33. The Bertz CT molecular complexity index is 242. The number of carbonyl (C=O) groups excluding carboxylic acids is 1. The van der Waals surface area contributed by atoms with Crippen LogP contribution in [0.15, 0.2) is 0 Å². The molecular weight excluding hydrogens is 236 g/mol. The van der Waals surface area contributed by atoms with Gasteiger partial charge in [-0.3, -0.25) is 4.79 Å². The van der Waals surface area contributed by atoms with Gasteiger partial charge in [0, 0.05) is 32.1 Å². The fraction of sp³-hybridized carbons (Fsp3) is 0.923. The number of nitrogens with zero attached hydrogens (tertiary/aromatic N) is 1. The summed E-state index contributed by atoms with van der Waals surface area (Å²) in [5.41, 5.74) is 0. The Morgan fingerprint density at radius 2 is 2.00 bits per heavy atom. The zero-order valence-corrected chi connectivity index (χ0v) is 11.6. The fourth-order valence-electron chi connectivity index (χ4n) is 2.93. The first-order valence-electron chi connectivity index (χ1n) is 6.77. The van der Waals surface area contributed by atoms with Crippen LogP contribution >= 0.6 is 12.4 Å². The van der Waals surface area contributed by atoms with Gasteiger partial charge in [-0.2, -0.15) is 0 Å². The largest absolute Gasteiger partial charge is 0.340 e. The number of nitrogens with one attached hydrogen (secondary N) is 1. The molecule has 1 amide bonds. The average Bonchev–Trinajstić information content (AvgIpc) is 2.30. The van der Waals surface area contributed by atoms with Crippen molar-refractivity contribution in [2.45, 2.75) is 51.5 Å². The highest BCUT2D eigenvalue weighted by Crippen LogP contribution is 2.26. The van der Waals surface area contributed by atoms with Crippen LogP contribution in [0, 0.1) is 5.92 Å². The fourth-order valence-corrected chi connectivity index (χ4v) is 2.93. The van der Waals surface area contributed by atoms with Gasteiger partial charge in [-0.05, 0) is 25.7 Å². The van der Waals surface area contributed by atoms with E-state index in [4.69, 9.17) is 0 Å². The van der Waals surface area contributed by atoms with Crippen LogP contribution < -0.4 is 5.32 Å². The summed E-state index contributed by atoms with van der Waals surface area (Å²) >= 11 is 0. The molecule has 2 aliphatic rings. The van der Waals surface area contributed by atoms with Gasteiger partial charge in [-0.15, -0.1) is 12.4 Å². The maximum Gasteiger partial charge on any atom is 0.222 e. The molecule has 1 aliphatic heterocycles. The van der Waals surface area contributed by atoms with Gasteiger partial charge in [0.2, 0.25) is 5.91 Å². The lowest BCUT2D eigenvalue weighted by Crippen LogP contribution is -2.51. The van der Waals surface area contributed by atoms with Crippen molar-refractivity contribution < 1.29 is 4.79 Å². The van der Waals surface area contributed by atoms with E-state index in [1.54, 1.807) is 0 Å². The molecule has 1 saturated carbocycles. The first kappa shape index (κ1) is 14.8. The summed E-state index contributed by atoms with van der Waals surface area (Å²) < 4.78 is 0. The Labute approximate surface area is 111 Å². The van der Waals surface area contributed by atoms with E-state index in [-0.39, 0.29) is 12.4 Å². The second-order valence-electron chi connectivity index (χ2n) is 5.40. The SMILES string of the molecule is C[C@@H]1CN(C(=O)CC2CCCCC2)CCN1.Cl. The summed E-state index contributed by atoms with van der Waals surface area (Å²) in [7, 11) is 0. The van der Waals surface area contributed by atoms with Crippen molar-refractivity contribution >= 4 is 18.3 Å². The normalized spacial score (nSPS) is 26.4. The van der Waals surface area contributed by atoms with Gasteiger partial charge in [0.25, 0.3) is 0 Å². The molecule has 0 aromatic carbocycles. The standard InChI is InChI=1S/C13H24N2O.ClH/c1-11-10-15(8-7-14-11)13(16)9-12-5-3-2-4-6-12;/h11-12,14H,2-10H2,1H3;1H/t11-;/m1./s1. The van der Waals surface area contributed by atoms with E-state index in [1.807, 2.05) is 0 Å². The smallest absolute Gasteiger partial charge is 0.222 e. The minimum Gasteiger partial charge on any atom is -0.340 e. The minimum atomic E-state index is 0. The Morgan fingerprint density at radius 3 is 2.65 bits per heavy atom. The molecule has 17 heavy (non-hydrogen) atoms. The number of hydrogen-bond acceptors (Lipinski definition) is 2. The molecule has 3 nitrogen and oxygen atoms in total. The van der Waals surface area contributed by atoms with Crippen molar-refractivity contribution in [1.29, 1.82) is 0 Å². The van der Waals surface area contributed by atoms with Crippen LogP contribution in [-0.2, 0) is 4.79 Å². The van der Waals surface area contributed by atoms with Crippen LogP contribution in [0.3, 0.4) is 0 Å². The molecule has 4 heteroatoms. The quantitative estimate of drug-likeness (QED) is 0.826. The molecule has 0 unspecified atom stereocenters. The van der Waals surface area contributed by atoms with Crippen LogP contribution in [0.4, 0.5) is 0 Å². The molecule has 2 fully saturated rings. The van der Waals surface area contributed by atoms with Gasteiger partial charge in [0.05, 0.1) is 0 Å². The third-order valence-electron chi connectivity index (χ3n) is 3.91. The van der Waals surface area contributed by atoms with Gasteiger partial charge in [0.1, 0.15) is 0 Å². The van der Waals surface area contributed by atoms with Crippen LogP contribution in [-0.4, -0.2) is 36.5 Å². The van der Waals surface area contributed by atoms with Gasteiger partial charge < -0.3 is 10.2 Å². The summed E-state index contributed by atoms with van der Waals surface area (Å²) in [6.45, 7) is 4.90. The van der Waals surface area contributed by atoms with E-state index in [0.717, 1.165) is 26.1 Å². The highest BCUT2D eigenvalue weighted by molar-refractivity contribution is 5.85. The predicted molar refractivity (Wildman–Crippen MR) is 72.5 cm³/mol. The molecule has 0 aromatic heterocycles. The van der Waals surface area contributed by atoms with Gasteiger partial charge in [-0.1, -0.05) is 19.3 Å². The molecular formula is C13H25ClN2O. The van der Waals surface area contributed by atoms with Gasteiger partial charge in [0.15, 0.2) is 0 Å². The summed E-state index contributed by atoms with van der Waals surface area (Å²) in [5, 5.41) is 3.38. The lowest BCUT2D eigenvalue weighted by atomic mass is 9.86. The van der Waals surface area contributed by atoms with Crippen molar-refractivity contribution in [3.63, 3.8) is 0 Å². The second-order valence-corrected chi connectivity index (χ2v) is 5.40. The molecule has 0 aromatic rings. The number of carbonyl (C=O) groups is 1. The highest BCUT2D eigenvalue weighted by Gasteiger charge is 2.23. The Morgan fingerprint density at radius 1 is 1.29 bits per heavy atom. The number of hydrogen-bond donors (Lipinski definition) is 1. The van der Waals surface area contributed by atoms with E-state index in [9.17, 15) is 4.79 Å². The van der Waals surface area contributed by atoms with Crippen molar-refractivity contribution in [1.82, 2.24) is 10.2 Å². The Kier molecular flexibility index (Phi) is 6.28. The van der Waals surface area contributed by atoms with Crippen LogP contribution in [0.2, 0.25) is 0 Å². The molecule has 1 N–H and O–H groups in total. The summed E-state index contributed by atoms with van der Waals surface area (Å²) in [6.07, 6.45) is 7.37. The van der Waals surface area contributed by atoms with Crippen molar-refractivity contribution in [3.05, 3.63) is 0 Å². The summed E-state index contributed by atoms with van der Waals surface area (Å²) in [5.74, 6) is 1.06. The summed E-state index contributed by atoms with van der Waals surface area (Å²) in [6, 6.07) is 0.462. The summed E-state index contributed by atoms with van der Waals surface area (Å²) in [4.78, 5) is 14.2. The van der Waals surface area contributed by atoms with Crippen molar-refractivity contribution in [3.8, 4) is 0 Å². The number of amides is 1. The minimum absolute atomic E-state index is 0. The van der Waals surface area contributed by atoms with Gasteiger partial charge >= 0.3 is 0 Å². The zero-order chi connectivity index (χ0) is 11.4. The molecule has 1 aliphatic carbocycles. The molecule has 2 rings (SSSR count). The molecule has 0 spiro atoms. The van der Waals surface area contributed by atoms with Crippen LogP contribution in [0.1, 0.15) is 45.4 Å². The number of rotatable bonds is 2. The molecule has 1 atom stereocenters. The molecule has 0 bridgehead atoms. The van der Waals surface area contributed by atoms with E-state index >= 15 is 0 Å². The predicted octanol–water partition coefficient (Wildman–Crippen LogP) is 2.20. The maximum atomic E-state index is 12.1. The maximum absolute atomic E-state index is 12.1. The Balaban J connectivity index is 0.00000144. The average molecular weight is 261 g/mol. The van der Waals surface area contributed by atoms with E-state index in [2.05, 4.69) is 17.1 Å². The van der Waals surface area contributed by atoms with Gasteiger partial charge in [-0.25, -0.2) is 0 Å². The topological polar surface area (TPSA) is 32.3 Å². The second kappa shape index (κ2) is 7.22. The molecule has 0 radical (unpaired) electrons. The lowest BCUT2D eigenvalue weighted by molar-refractivity contribution is -0.133. The third-order valence-corrected chi connectivity index (χ3v) is 3.91. The number of halogens is 1. The molecule has 1 heterocycles. The first-order valence-corrected chi connectivity index (χ1v) is 6.77. The van der Waals surface area contributed by atoms with Crippen molar-refractivity contribution in [2.75, 3.05) is 19.6 Å². The van der Waals surface area contributed by atoms with Crippen LogP contribution in [0.25, 0.3) is 0 Å². The van der Waals surface area contributed by atoms with Crippen molar-refractivity contribution in [2.24, 2.45) is 5.92 Å². The molecule has 1 saturated heterocycles. The van der Waals surface area contributed by atoms with E-state index < -0.39 is 0 Å². The first-order chi connectivity index (χ1) is 7.75. The Hall–Kier alpha value is -0.280. The zero-order valence-electron chi connectivity index (χ0n) is 10.8. The van der Waals surface area contributed by atoms with E-state index in [0.29, 0.717) is 17.9 Å². The number of piperazine rings is 1. The highest BCUT2D eigenvalue weighted by atomic mass is 35.5. The monoisotopic (exact) mass is 260 g/mol. The molecule has 100 valence electrons. The van der Waals surface area contributed by atoms with E-state index in [1.165, 1.54) is 32.1 Å².